The van der Waals surface area contributed by atoms with Crippen molar-refractivity contribution in [2.24, 2.45) is 17.8 Å². The Morgan fingerprint density at radius 3 is 2.45 bits per heavy atom. The van der Waals surface area contributed by atoms with E-state index in [2.05, 4.69) is 24.4 Å². The fraction of sp³-hybridized carbons (Fsp3) is 0.579. The molecule has 2 aliphatic carbocycles. The topological polar surface area (TPSA) is 46.2 Å². The lowest BCUT2D eigenvalue weighted by atomic mass is 9.67. The second kappa shape index (κ2) is 6.23. The molecule has 1 amide bonds. The van der Waals surface area contributed by atoms with Gasteiger partial charge in [-0.05, 0) is 50.7 Å². The summed E-state index contributed by atoms with van der Waals surface area (Å²) in [4.78, 5) is 24.7. The summed E-state index contributed by atoms with van der Waals surface area (Å²) in [6, 6.07) is 8.18. The Kier molecular flexibility index (Phi) is 4.32. The lowest BCUT2D eigenvalue weighted by Gasteiger charge is -2.37. The van der Waals surface area contributed by atoms with Crippen LogP contribution < -0.4 is 5.32 Å². The number of rotatable bonds is 3. The number of carbonyl (C=O) groups is 2. The SMILES string of the molecule is Cc1ccccc1C(C)NC(=O)C1CC2CCCC(C1)C2=O. The summed E-state index contributed by atoms with van der Waals surface area (Å²) in [7, 11) is 0. The Hall–Kier alpha value is -1.64. The average Bonchev–Trinajstić information content (AvgIpc) is 2.47. The van der Waals surface area contributed by atoms with E-state index in [-0.39, 0.29) is 29.7 Å². The third-order valence-electron chi connectivity index (χ3n) is 5.43. The zero-order valence-electron chi connectivity index (χ0n) is 13.5. The largest absolute Gasteiger partial charge is 0.349 e. The summed E-state index contributed by atoms with van der Waals surface area (Å²) in [6.45, 7) is 4.11. The van der Waals surface area contributed by atoms with Crippen LogP contribution in [0.3, 0.4) is 0 Å². The summed E-state index contributed by atoms with van der Waals surface area (Å²) >= 11 is 0. The molecule has 0 spiro atoms. The van der Waals surface area contributed by atoms with Gasteiger partial charge in [-0.2, -0.15) is 0 Å². The van der Waals surface area contributed by atoms with Gasteiger partial charge in [0.05, 0.1) is 6.04 Å². The molecule has 2 fully saturated rings. The van der Waals surface area contributed by atoms with E-state index >= 15 is 0 Å². The van der Waals surface area contributed by atoms with Crippen LogP contribution in [0.2, 0.25) is 0 Å². The number of carbonyl (C=O) groups excluding carboxylic acids is 2. The minimum absolute atomic E-state index is 0.0134. The minimum Gasteiger partial charge on any atom is -0.349 e. The number of amides is 1. The molecule has 3 atom stereocenters. The van der Waals surface area contributed by atoms with Gasteiger partial charge in [-0.15, -0.1) is 0 Å². The molecule has 22 heavy (non-hydrogen) atoms. The maximum absolute atomic E-state index is 12.6. The van der Waals surface area contributed by atoms with Crippen LogP contribution in [0, 0.1) is 24.7 Å². The van der Waals surface area contributed by atoms with Crippen LogP contribution in [0.1, 0.15) is 56.2 Å². The number of Topliss-reactive ketones (excluding diaryl/α,β-unsaturated/α-hetero) is 1. The molecule has 2 aliphatic rings. The smallest absolute Gasteiger partial charge is 0.223 e. The molecule has 2 saturated carbocycles. The quantitative estimate of drug-likeness (QED) is 0.927. The zero-order valence-corrected chi connectivity index (χ0v) is 13.5. The molecule has 1 aromatic carbocycles. The van der Waals surface area contributed by atoms with Crippen LogP contribution in [-0.4, -0.2) is 11.7 Å². The first-order valence-corrected chi connectivity index (χ1v) is 8.46. The van der Waals surface area contributed by atoms with E-state index in [4.69, 9.17) is 0 Å². The molecule has 3 rings (SSSR count). The molecule has 2 bridgehead atoms. The number of ketones is 1. The first-order chi connectivity index (χ1) is 10.6. The van der Waals surface area contributed by atoms with Gasteiger partial charge in [0, 0.05) is 17.8 Å². The maximum Gasteiger partial charge on any atom is 0.223 e. The second-order valence-corrected chi connectivity index (χ2v) is 6.98. The van der Waals surface area contributed by atoms with Crippen LogP contribution in [0.15, 0.2) is 24.3 Å². The monoisotopic (exact) mass is 299 g/mol. The van der Waals surface area contributed by atoms with Gasteiger partial charge >= 0.3 is 0 Å². The van der Waals surface area contributed by atoms with Crippen LogP contribution in [0.25, 0.3) is 0 Å². The van der Waals surface area contributed by atoms with E-state index in [0.29, 0.717) is 5.78 Å². The van der Waals surface area contributed by atoms with Crippen molar-refractivity contribution in [2.75, 3.05) is 0 Å². The van der Waals surface area contributed by atoms with E-state index in [0.717, 1.165) is 32.1 Å². The standard InChI is InChI=1S/C19H25NO2/c1-12-6-3-4-9-17(12)13(2)20-19(22)16-10-14-7-5-8-15(11-16)18(14)21/h3-4,6,9,13-16H,5,7-8,10-11H2,1-2H3,(H,20,22). The van der Waals surface area contributed by atoms with Crippen molar-refractivity contribution in [3.8, 4) is 0 Å². The maximum atomic E-state index is 12.6. The molecule has 0 saturated heterocycles. The number of benzene rings is 1. The van der Waals surface area contributed by atoms with E-state index in [1.807, 2.05) is 19.1 Å². The molecule has 118 valence electrons. The minimum atomic E-state index is 0.0134. The normalized spacial score (nSPS) is 29.0. The molecule has 3 heteroatoms. The number of aryl methyl sites for hydroxylation is 1. The van der Waals surface area contributed by atoms with Crippen molar-refractivity contribution in [1.29, 1.82) is 0 Å². The molecule has 0 radical (unpaired) electrons. The van der Waals surface area contributed by atoms with Gasteiger partial charge in [-0.3, -0.25) is 9.59 Å². The van der Waals surface area contributed by atoms with Gasteiger partial charge in [0.25, 0.3) is 0 Å². The van der Waals surface area contributed by atoms with Gasteiger partial charge in [0.2, 0.25) is 5.91 Å². The predicted octanol–water partition coefficient (Wildman–Crippen LogP) is 3.57. The van der Waals surface area contributed by atoms with Crippen molar-refractivity contribution in [2.45, 2.75) is 52.0 Å². The van der Waals surface area contributed by atoms with E-state index in [9.17, 15) is 9.59 Å². The summed E-state index contributed by atoms with van der Waals surface area (Å²) in [6.07, 6.45) is 4.61. The molecule has 0 heterocycles. The second-order valence-electron chi connectivity index (χ2n) is 6.98. The first kappa shape index (κ1) is 15.3. The van der Waals surface area contributed by atoms with Crippen LogP contribution in [0.4, 0.5) is 0 Å². The highest BCUT2D eigenvalue weighted by Crippen LogP contribution is 2.40. The molecule has 3 unspecified atom stereocenters. The summed E-state index contributed by atoms with van der Waals surface area (Å²) in [5.41, 5.74) is 2.37. The van der Waals surface area contributed by atoms with E-state index in [1.165, 1.54) is 11.1 Å². The van der Waals surface area contributed by atoms with Gasteiger partial charge < -0.3 is 5.32 Å². The molecular formula is C19H25NO2. The Balaban J connectivity index is 1.65. The van der Waals surface area contributed by atoms with Crippen molar-refractivity contribution in [3.05, 3.63) is 35.4 Å². The summed E-state index contributed by atoms with van der Waals surface area (Å²) in [5, 5.41) is 3.16. The molecule has 1 N–H and O–H groups in total. The van der Waals surface area contributed by atoms with Gasteiger partial charge in [-0.25, -0.2) is 0 Å². The van der Waals surface area contributed by atoms with Crippen LogP contribution in [-0.2, 0) is 9.59 Å². The van der Waals surface area contributed by atoms with Crippen LogP contribution in [0.5, 0.6) is 0 Å². The molecular weight excluding hydrogens is 274 g/mol. The first-order valence-electron chi connectivity index (χ1n) is 8.46. The molecule has 0 aromatic heterocycles. The van der Waals surface area contributed by atoms with Gasteiger partial charge in [0.15, 0.2) is 0 Å². The van der Waals surface area contributed by atoms with E-state index < -0.39 is 0 Å². The summed E-state index contributed by atoms with van der Waals surface area (Å²) in [5.74, 6) is 0.830. The van der Waals surface area contributed by atoms with Crippen molar-refractivity contribution in [1.82, 2.24) is 5.32 Å². The molecule has 0 aliphatic heterocycles. The highest BCUT2D eigenvalue weighted by Gasteiger charge is 2.41. The van der Waals surface area contributed by atoms with E-state index in [1.54, 1.807) is 0 Å². The highest BCUT2D eigenvalue weighted by molar-refractivity contribution is 5.88. The van der Waals surface area contributed by atoms with Crippen molar-refractivity contribution < 1.29 is 9.59 Å². The number of nitrogens with one attached hydrogen (secondary N) is 1. The number of hydrogen-bond donors (Lipinski definition) is 1. The Morgan fingerprint density at radius 2 is 1.82 bits per heavy atom. The Morgan fingerprint density at radius 1 is 1.18 bits per heavy atom. The van der Waals surface area contributed by atoms with Gasteiger partial charge in [0.1, 0.15) is 5.78 Å². The zero-order chi connectivity index (χ0) is 15.7. The van der Waals surface area contributed by atoms with Crippen LogP contribution >= 0.6 is 0 Å². The lowest BCUT2D eigenvalue weighted by Crippen LogP contribution is -2.43. The lowest BCUT2D eigenvalue weighted by molar-refractivity contribution is -0.137. The van der Waals surface area contributed by atoms with Crippen molar-refractivity contribution in [3.63, 3.8) is 0 Å². The highest BCUT2D eigenvalue weighted by atomic mass is 16.2. The number of fused-ring (bicyclic) bond motifs is 2. The van der Waals surface area contributed by atoms with Gasteiger partial charge in [-0.1, -0.05) is 30.7 Å². The number of hydrogen-bond acceptors (Lipinski definition) is 2. The molecule has 3 nitrogen and oxygen atoms in total. The predicted molar refractivity (Wildman–Crippen MR) is 86.3 cm³/mol. The molecule has 1 aromatic rings. The van der Waals surface area contributed by atoms with Crippen molar-refractivity contribution >= 4 is 11.7 Å². The third-order valence-corrected chi connectivity index (χ3v) is 5.43. The Bertz CT molecular complexity index is 565. The fourth-order valence-corrected chi connectivity index (χ4v) is 4.18. The average molecular weight is 299 g/mol. The Labute approximate surface area is 132 Å². The fourth-order valence-electron chi connectivity index (χ4n) is 4.18. The summed E-state index contributed by atoms with van der Waals surface area (Å²) < 4.78 is 0. The third kappa shape index (κ3) is 2.94.